The number of benzene rings is 1. The van der Waals surface area contributed by atoms with Crippen molar-refractivity contribution in [2.45, 2.75) is 58.2 Å². The number of amides is 1. The average molecular weight is 331 g/mol. The quantitative estimate of drug-likeness (QED) is 0.840. The number of ether oxygens (including phenoxy) is 1. The van der Waals surface area contributed by atoms with Gasteiger partial charge < -0.3 is 19.8 Å². The lowest BCUT2D eigenvalue weighted by molar-refractivity contribution is 0.00578. The highest BCUT2D eigenvalue weighted by molar-refractivity contribution is 6.62. The van der Waals surface area contributed by atoms with Crippen molar-refractivity contribution in [2.75, 3.05) is 6.61 Å². The van der Waals surface area contributed by atoms with Gasteiger partial charge in [0, 0.05) is 5.56 Å². The van der Waals surface area contributed by atoms with E-state index < -0.39 is 24.2 Å². The fraction of sp³-hybridized carbons (Fsp3) is 0.611. The molecule has 130 valence electrons. The summed E-state index contributed by atoms with van der Waals surface area (Å²) in [5.41, 5.74) is 5.77. The first-order chi connectivity index (χ1) is 11.2. The van der Waals surface area contributed by atoms with E-state index in [2.05, 4.69) is 0 Å². The Bertz CT molecular complexity index is 624. The third-order valence-corrected chi connectivity index (χ3v) is 5.45. The molecule has 0 radical (unpaired) electrons. The van der Waals surface area contributed by atoms with E-state index in [0.29, 0.717) is 23.8 Å². The summed E-state index contributed by atoms with van der Waals surface area (Å²) < 4.78 is 18.0. The molecule has 3 rings (SSSR count). The maximum absolute atomic E-state index is 11.7. The molecule has 24 heavy (non-hydrogen) atoms. The molecule has 1 saturated heterocycles. The van der Waals surface area contributed by atoms with Crippen LogP contribution >= 0.6 is 0 Å². The molecule has 1 aromatic carbocycles. The Morgan fingerprint density at radius 3 is 2.33 bits per heavy atom. The topological polar surface area (TPSA) is 70.8 Å². The van der Waals surface area contributed by atoms with Crippen molar-refractivity contribution in [2.24, 2.45) is 11.7 Å². The number of hydrogen-bond acceptors (Lipinski definition) is 4. The van der Waals surface area contributed by atoms with Crippen LogP contribution in [0.4, 0.5) is 0 Å². The van der Waals surface area contributed by atoms with Gasteiger partial charge in [0.25, 0.3) is 0 Å². The predicted molar refractivity (Wildman–Crippen MR) is 93.5 cm³/mol. The minimum atomic E-state index is -0.541. The number of rotatable bonds is 5. The summed E-state index contributed by atoms with van der Waals surface area (Å²) in [4.78, 5) is 11.7. The lowest BCUT2D eigenvalue weighted by atomic mass is 9.78. The second-order valence-electron chi connectivity index (χ2n) is 7.85. The average Bonchev–Trinajstić information content (AvgIpc) is 2.65. The zero-order valence-electron chi connectivity index (χ0n) is 14.9. The largest absolute Gasteiger partial charge is 0.494 e. The Balaban J connectivity index is 1.84. The van der Waals surface area contributed by atoms with Crippen LogP contribution in [0.2, 0.25) is 0 Å². The molecule has 1 aliphatic carbocycles. The minimum absolute atomic E-state index is 0.408. The van der Waals surface area contributed by atoms with E-state index in [0.717, 1.165) is 5.46 Å². The Labute approximate surface area is 144 Å². The van der Waals surface area contributed by atoms with Crippen LogP contribution in [0.25, 0.3) is 0 Å². The highest BCUT2D eigenvalue weighted by atomic mass is 16.7. The van der Waals surface area contributed by atoms with Crippen LogP contribution in [-0.4, -0.2) is 30.8 Å². The number of nitrogens with two attached hydrogens (primary N) is 1. The zero-order chi connectivity index (χ0) is 17.5. The molecule has 5 nitrogen and oxygen atoms in total. The lowest BCUT2D eigenvalue weighted by Crippen LogP contribution is -2.41. The predicted octanol–water partition coefficient (Wildman–Crippen LogP) is 2.26. The third-order valence-electron chi connectivity index (χ3n) is 5.45. The van der Waals surface area contributed by atoms with E-state index in [9.17, 15) is 4.79 Å². The van der Waals surface area contributed by atoms with Crippen LogP contribution < -0.4 is 15.9 Å². The molecule has 0 spiro atoms. The van der Waals surface area contributed by atoms with E-state index in [1.165, 1.54) is 19.3 Å². The van der Waals surface area contributed by atoms with Gasteiger partial charge in [-0.3, -0.25) is 4.79 Å². The number of carbonyl (C=O) groups is 1. The minimum Gasteiger partial charge on any atom is -0.493 e. The number of primary amides is 1. The van der Waals surface area contributed by atoms with Gasteiger partial charge in [-0.25, -0.2) is 0 Å². The molecule has 6 heteroatoms. The summed E-state index contributed by atoms with van der Waals surface area (Å²) in [6.07, 6.45) is 3.69. The Kier molecular flexibility index (Phi) is 4.38. The van der Waals surface area contributed by atoms with Crippen LogP contribution in [0.15, 0.2) is 18.2 Å². The van der Waals surface area contributed by atoms with Gasteiger partial charge in [-0.2, -0.15) is 0 Å². The molecule has 2 fully saturated rings. The van der Waals surface area contributed by atoms with Crippen molar-refractivity contribution in [3.05, 3.63) is 23.8 Å². The van der Waals surface area contributed by atoms with Gasteiger partial charge in [0.15, 0.2) is 0 Å². The maximum Gasteiger partial charge on any atom is 0.494 e. The highest BCUT2D eigenvalue weighted by Crippen LogP contribution is 2.36. The van der Waals surface area contributed by atoms with Gasteiger partial charge in [0.1, 0.15) is 5.75 Å². The molecule has 1 aromatic rings. The van der Waals surface area contributed by atoms with Crippen LogP contribution in [0, 0.1) is 5.92 Å². The van der Waals surface area contributed by atoms with Gasteiger partial charge in [0.2, 0.25) is 5.91 Å². The Morgan fingerprint density at radius 2 is 1.83 bits per heavy atom. The van der Waals surface area contributed by atoms with Crippen molar-refractivity contribution in [3.8, 4) is 5.75 Å². The molecule has 0 unspecified atom stereocenters. The van der Waals surface area contributed by atoms with E-state index in [4.69, 9.17) is 19.8 Å². The van der Waals surface area contributed by atoms with Gasteiger partial charge in [-0.15, -0.1) is 0 Å². The van der Waals surface area contributed by atoms with Crippen LogP contribution in [0.5, 0.6) is 5.75 Å². The van der Waals surface area contributed by atoms with Crippen molar-refractivity contribution in [3.63, 3.8) is 0 Å². The lowest BCUT2D eigenvalue weighted by Gasteiger charge is -2.32. The monoisotopic (exact) mass is 331 g/mol. The smallest absolute Gasteiger partial charge is 0.493 e. The summed E-state index contributed by atoms with van der Waals surface area (Å²) in [7, 11) is -0.541. The summed E-state index contributed by atoms with van der Waals surface area (Å²) in [6, 6.07) is 5.30. The molecule has 2 aliphatic rings. The van der Waals surface area contributed by atoms with Crippen LogP contribution in [0.3, 0.4) is 0 Å². The first-order valence-electron chi connectivity index (χ1n) is 8.61. The second-order valence-corrected chi connectivity index (χ2v) is 7.85. The van der Waals surface area contributed by atoms with Gasteiger partial charge >= 0.3 is 7.12 Å². The summed E-state index contributed by atoms with van der Waals surface area (Å²) in [5, 5.41) is 0. The number of carbonyl (C=O) groups excluding carboxylic acids is 1. The highest BCUT2D eigenvalue weighted by Gasteiger charge is 2.51. The molecular formula is C18H26BNO4. The standard InChI is InChI=1S/C18H26BNO4/c1-17(2)18(3,4)24-19(23-17)14-8-13(16(20)21)9-15(10-14)22-11-12-6-5-7-12/h8-10,12H,5-7,11H2,1-4H3,(H2,20,21). The molecule has 0 atom stereocenters. The van der Waals surface area contributed by atoms with Gasteiger partial charge in [-0.1, -0.05) is 6.42 Å². The van der Waals surface area contributed by atoms with E-state index >= 15 is 0 Å². The molecule has 1 heterocycles. The summed E-state index contributed by atoms with van der Waals surface area (Å²) >= 11 is 0. The third kappa shape index (κ3) is 3.30. The van der Waals surface area contributed by atoms with E-state index in [1.54, 1.807) is 12.1 Å². The fourth-order valence-electron chi connectivity index (χ4n) is 2.84. The van der Waals surface area contributed by atoms with Crippen LogP contribution in [0.1, 0.15) is 57.3 Å². The van der Waals surface area contributed by atoms with Crippen molar-refractivity contribution >= 4 is 18.5 Å². The molecule has 0 bridgehead atoms. The molecule has 0 aromatic heterocycles. The first kappa shape index (κ1) is 17.3. The summed E-state index contributed by atoms with van der Waals surface area (Å²) in [6.45, 7) is 8.67. The SMILES string of the molecule is CC1(C)OB(c2cc(OCC3CCC3)cc(C(N)=O)c2)OC1(C)C. The first-order valence-corrected chi connectivity index (χ1v) is 8.61. The van der Waals surface area contributed by atoms with Crippen LogP contribution in [-0.2, 0) is 9.31 Å². The normalized spacial score (nSPS) is 22.2. The van der Waals surface area contributed by atoms with Crippen molar-refractivity contribution < 1.29 is 18.8 Å². The summed E-state index contributed by atoms with van der Waals surface area (Å²) in [5.74, 6) is 0.771. The number of hydrogen-bond donors (Lipinski definition) is 1. The van der Waals surface area contributed by atoms with E-state index in [1.807, 2.05) is 33.8 Å². The van der Waals surface area contributed by atoms with E-state index in [-0.39, 0.29) is 0 Å². The van der Waals surface area contributed by atoms with Crippen molar-refractivity contribution in [1.29, 1.82) is 0 Å². The Hall–Kier alpha value is -1.53. The van der Waals surface area contributed by atoms with Gasteiger partial charge in [-0.05, 0) is 70.1 Å². The van der Waals surface area contributed by atoms with Crippen molar-refractivity contribution in [1.82, 2.24) is 0 Å². The molecule has 1 aliphatic heterocycles. The molecule has 2 N–H and O–H groups in total. The maximum atomic E-state index is 11.7. The van der Waals surface area contributed by atoms with Gasteiger partial charge in [0.05, 0.1) is 17.8 Å². The molecular weight excluding hydrogens is 305 g/mol. The molecule has 1 amide bonds. The Morgan fingerprint density at radius 1 is 1.21 bits per heavy atom. The second kappa shape index (κ2) is 6.08. The fourth-order valence-corrected chi connectivity index (χ4v) is 2.84. The zero-order valence-corrected chi connectivity index (χ0v) is 14.9. The molecule has 1 saturated carbocycles.